The second kappa shape index (κ2) is 10.4. The standard InChI is InChI=1S/C21H29N5OS/c1-3-4-5-6-18(27)16-9-11-26(12-10-16)20-13-19(23-15-24-20)25-17-7-8-21(28-2)22-14-17/h7-8,13-16H,3-6,9-12H2,1-2H3,(H,23,24,25). The number of nitrogens with one attached hydrogen (secondary N) is 1. The number of piperidine rings is 1. The third-order valence-corrected chi connectivity index (χ3v) is 5.83. The van der Waals surface area contributed by atoms with Gasteiger partial charge in [0, 0.05) is 31.5 Å². The molecule has 0 unspecified atom stereocenters. The Kier molecular flexibility index (Phi) is 7.65. The van der Waals surface area contributed by atoms with Crippen LogP contribution in [0.15, 0.2) is 35.7 Å². The van der Waals surface area contributed by atoms with Crippen LogP contribution in [0.25, 0.3) is 0 Å². The van der Waals surface area contributed by atoms with Crippen LogP contribution in [-0.4, -0.2) is 40.1 Å². The molecule has 28 heavy (non-hydrogen) atoms. The Morgan fingerprint density at radius 3 is 2.71 bits per heavy atom. The number of hydrogen-bond donors (Lipinski definition) is 1. The molecule has 3 heterocycles. The van der Waals surface area contributed by atoms with Crippen molar-refractivity contribution in [2.45, 2.75) is 50.5 Å². The van der Waals surface area contributed by atoms with E-state index in [1.54, 1.807) is 18.1 Å². The summed E-state index contributed by atoms with van der Waals surface area (Å²) < 4.78 is 0. The molecule has 2 aromatic rings. The Bertz CT molecular complexity index is 760. The van der Waals surface area contributed by atoms with Gasteiger partial charge in [0.2, 0.25) is 0 Å². The minimum absolute atomic E-state index is 0.216. The topological polar surface area (TPSA) is 71.0 Å². The minimum Gasteiger partial charge on any atom is -0.356 e. The van der Waals surface area contributed by atoms with Crippen molar-refractivity contribution in [2.75, 3.05) is 29.6 Å². The first-order chi connectivity index (χ1) is 13.7. The summed E-state index contributed by atoms with van der Waals surface area (Å²) in [6.45, 7) is 3.90. The first kappa shape index (κ1) is 20.6. The van der Waals surface area contributed by atoms with Crippen molar-refractivity contribution in [3.05, 3.63) is 30.7 Å². The minimum atomic E-state index is 0.216. The van der Waals surface area contributed by atoms with E-state index in [4.69, 9.17) is 0 Å². The molecular formula is C21H29N5OS. The summed E-state index contributed by atoms with van der Waals surface area (Å²) in [6, 6.07) is 5.94. The molecule has 1 saturated heterocycles. The van der Waals surface area contributed by atoms with Gasteiger partial charge in [-0.25, -0.2) is 15.0 Å². The van der Waals surface area contributed by atoms with Crippen LogP contribution in [0.2, 0.25) is 0 Å². The number of thioether (sulfide) groups is 1. The second-order valence-electron chi connectivity index (χ2n) is 7.16. The zero-order chi connectivity index (χ0) is 19.8. The van der Waals surface area contributed by atoms with E-state index in [9.17, 15) is 4.79 Å². The number of rotatable bonds is 9. The van der Waals surface area contributed by atoms with Gasteiger partial charge in [0.1, 0.15) is 23.7 Å². The van der Waals surface area contributed by atoms with Crippen molar-refractivity contribution >= 4 is 34.9 Å². The van der Waals surface area contributed by atoms with Crippen molar-refractivity contribution in [2.24, 2.45) is 5.92 Å². The summed E-state index contributed by atoms with van der Waals surface area (Å²) in [5.41, 5.74) is 0.902. The summed E-state index contributed by atoms with van der Waals surface area (Å²) in [5, 5.41) is 4.27. The zero-order valence-corrected chi connectivity index (χ0v) is 17.5. The van der Waals surface area contributed by atoms with E-state index in [1.165, 1.54) is 0 Å². The third-order valence-electron chi connectivity index (χ3n) is 5.17. The number of ketones is 1. The fraction of sp³-hybridized carbons (Fsp3) is 0.524. The molecule has 0 bridgehead atoms. The first-order valence-corrected chi connectivity index (χ1v) is 11.3. The summed E-state index contributed by atoms with van der Waals surface area (Å²) in [5.74, 6) is 2.32. The van der Waals surface area contributed by atoms with Crippen molar-refractivity contribution in [3.63, 3.8) is 0 Å². The maximum atomic E-state index is 12.4. The molecule has 6 nitrogen and oxygen atoms in total. The highest BCUT2D eigenvalue weighted by molar-refractivity contribution is 7.98. The molecule has 0 spiro atoms. The average molecular weight is 400 g/mol. The fourth-order valence-electron chi connectivity index (χ4n) is 3.50. The molecule has 1 aliphatic rings. The molecule has 3 rings (SSSR count). The van der Waals surface area contributed by atoms with Crippen LogP contribution in [-0.2, 0) is 4.79 Å². The number of Topliss-reactive ketones (excluding diaryl/α,β-unsaturated/α-hetero) is 1. The number of carbonyl (C=O) groups excluding carboxylic acids is 1. The van der Waals surface area contributed by atoms with Gasteiger partial charge in [0.25, 0.3) is 0 Å². The van der Waals surface area contributed by atoms with E-state index >= 15 is 0 Å². The van der Waals surface area contributed by atoms with Crippen LogP contribution < -0.4 is 10.2 Å². The maximum Gasteiger partial charge on any atom is 0.136 e. The van der Waals surface area contributed by atoms with Crippen LogP contribution in [0, 0.1) is 5.92 Å². The molecule has 0 atom stereocenters. The van der Waals surface area contributed by atoms with Gasteiger partial charge < -0.3 is 10.2 Å². The third kappa shape index (κ3) is 5.67. The summed E-state index contributed by atoms with van der Waals surface area (Å²) in [4.78, 5) is 27.7. The number of aromatic nitrogens is 3. The van der Waals surface area contributed by atoms with Gasteiger partial charge in [-0.05, 0) is 37.7 Å². The highest BCUT2D eigenvalue weighted by Crippen LogP contribution is 2.26. The number of nitrogens with zero attached hydrogens (tertiary/aromatic N) is 4. The van der Waals surface area contributed by atoms with Gasteiger partial charge in [-0.1, -0.05) is 19.8 Å². The lowest BCUT2D eigenvalue weighted by Crippen LogP contribution is -2.36. The quantitative estimate of drug-likeness (QED) is 0.484. The highest BCUT2D eigenvalue weighted by Gasteiger charge is 2.25. The molecular weight excluding hydrogens is 370 g/mol. The average Bonchev–Trinajstić information content (AvgIpc) is 2.75. The van der Waals surface area contributed by atoms with Crippen molar-refractivity contribution in [1.29, 1.82) is 0 Å². The van der Waals surface area contributed by atoms with Gasteiger partial charge in [0.15, 0.2) is 0 Å². The fourth-order valence-corrected chi connectivity index (χ4v) is 3.86. The first-order valence-electron chi connectivity index (χ1n) is 10.1. The predicted octanol–water partition coefficient (Wildman–Crippen LogP) is 4.70. The van der Waals surface area contributed by atoms with E-state index in [2.05, 4.69) is 32.1 Å². The largest absolute Gasteiger partial charge is 0.356 e. The molecule has 1 fully saturated rings. The monoisotopic (exact) mass is 399 g/mol. The highest BCUT2D eigenvalue weighted by atomic mass is 32.2. The van der Waals surface area contributed by atoms with Gasteiger partial charge in [0.05, 0.1) is 16.9 Å². The zero-order valence-electron chi connectivity index (χ0n) is 16.7. The Hall–Kier alpha value is -2.15. The van der Waals surface area contributed by atoms with Crippen molar-refractivity contribution in [1.82, 2.24) is 15.0 Å². The molecule has 0 amide bonds. The van der Waals surface area contributed by atoms with Crippen LogP contribution in [0.1, 0.15) is 45.4 Å². The lowest BCUT2D eigenvalue weighted by Gasteiger charge is -2.32. The summed E-state index contributed by atoms with van der Waals surface area (Å²) in [6.07, 6.45) is 11.3. The van der Waals surface area contributed by atoms with E-state index in [0.717, 1.165) is 74.0 Å². The van der Waals surface area contributed by atoms with Crippen LogP contribution in [0.4, 0.5) is 17.3 Å². The van der Waals surface area contributed by atoms with E-state index in [0.29, 0.717) is 5.78 Å². The second-order valence-corrected chi connectivity index (χ2v) is 7.99. The molecule has 1 N–H and O–H groups in total. The Labute approximate surface area is 171 Å². The Morgan fingerprint density at radius 2 is 2.04 bits per heavy atom. The molecule has 150 valence electrons. The van der Waals surface area contributed by atoms with Crippen LogP contribution >= 0.6 is 11.8 Å². The van der Waals surface area contributed by atoms with E-state index < -0.39 is 0 Å². The van der Waals surface area contributed by atoms with Crippen LogP contribution in [0.5, 0.6) is 0 Å². The molecule has 2 aromatic heterocycles. The lowest BCUT2D eigenvalue weighted by molar-refractivity contribution is -0.123. The van der Waals surface area contributed by atoms with Gasteiger partial charge in [-0.3, -0.25) is 4.79 Å². The number of carbonyl (C=O) groups is 1. The smallest absolute Gasteiger partial charge is 0.136 e. The molecule has 0 saturated carbocycles. The van der Waals surface area contributed by atoms with Crippen LogP contribution in [0.3, 0.4) is 0 Å². The van der Waals surface area contributed by atoms with E-state index in [-0.39, 0.29) is 5.92 Å². The van der Waals surface area contributed by atoms with E-state index in [1.807, 2.05) is 30.7 Å². The number of hydrogen-bond acceptors (Lipinski definition) is 7. The molecule has 0 radical (unpaired) electrons. The van der Waals surface area contributed by atoms with Gasteiger partial charge in [-0.15, -0.1) is 11.8 Å². The SMILES string of the molecule is CCCCCC(=O)C1CCN(c2cc(Nc3ccc(SC)nc3)ncn2)CC1. The number of pyridine rings is 1. The van der Waals surface area contributed by atoms with Gasteiger partial charge in [-0.2, -0.15) is 0 Å². The van der Waals surface area contributed by atoms with Crippen molar-refractivity contribution in [3.8, 4) is 0 Å². The van der Waals surface area contributed by atoms with Gasteiger partial charge >= 0.3 is 0 Å². The number of anilines is 3. The molecule has 7 heteroatoms. The normalized spacial score (nSPS) is 14.9. The predicted molar refractivity (Wildman–Crippen MR) is 115 cm³/mol. The molecule has 1 aliphatic heterocycles. The molecule has 0 aliphatic carbocycles. The summed E-state index contributed by atoms with van der Waals surface area (Å²) >= 11 is 1.62. The maximum absolute atomic E-state index is 12.4. The lowest BCUT2D eigenvalue weighted by atomic mass is 9.90. The number of unbranched alkanes of at least 4 members (excludes halogenated alkanes) is 2. The Balaban J connectivity index is 1.55. The Morgan fingerprint density at radius 1 is 1.21 bits per heavy atom. The van der Waals surface area contributed by atoms with Crippen molar-refractivity contribution < 1.29 is 4.79 Å². The summed E-state index contributed by atoms with van der Waals surface area (Å²) in [7, 11) is 0. The molecule has 0 aromatic carbocycles.